The molecule has 90 valence electrons. The minimum Gasteiger partial charge on any atom is -0.326 e. The van der Waals surface area contributed by atoms with Gasteiger partial charge in [-0.15, -0.1) is 11.3 Å². The Kier molecular flexibility index (Phi) is 3.07. The van der Waals surface area contributed by atoms with E-state index in [1.807, 2.05) is 0 Å². The van der Waals surface area contributed by atoms with Crippen LogP contribution in [-0.4, -0.2) is 28.0 Å². The first kappa shape index (κ1) is 12.0. The molecule has 0 radical (unpaired) electrons. The minimum absolute atomic E-state index is 0.163. The number of thiazole rings is 1. The number of aromatic nitrogens is 1. The first-order valence-electron chi connectivity index (χ1n) is 5.84. The number of rotatable bonds is 1. The predicted molar refractivity (Wildman–Crippen MR) is 68.6 cm³/mol. The summed E-state index contributed by atoms with van der Waals surface area (Å²) in [6.07, 6.45) is 1.07. The molecule has 0 amide bonds. The van der Waals surface area contributed by atoms with Gasteiger partial charge in [0.05, 0.1) is 16.7 Å². The average molecular weight is 239 g/mol. The first-order chi connectivity index (χ1) is 7.39. The van der Waals surface area contributed by atoms with E-state index in [9.17, 15) is 0 Å². The lowest BCUT2D eigenvalue weighted by Crippen LogP contribution is -2.43. The molecule has 0 aliphatic carbocycles. The third-order valence-corrected chi connectivity index (χ3v) is 4.04. The van der Waals surface area contributed by atoms with E-state index in [1.54, 1.807) is 11.3 Å². The molecule has 2 rings (SSSR count). The summed E-state index contributed by atoms with van der Waals surface area (Å²) in [6, 6.07) is 0.519. The number of nitrogens with zero attached hydrogens (tertiary/aromatic N) is 2. The second kappa shape index (κ2) is 4.09. The maximum absolute atomic E-state index is 6.23. The summed E-state index contributed by atoms with van der Waals surface area (Å²) >= 11 is 1.71. The van der Waals surface area contributed by atoms with Crippen molar-refractivity contribution in [2.45, 2.75) is 51.7 Å². The molecule has 16 heavy (non-hydrogen) atoms. The van der Waals surface area contributed by atoms with Crippen molar-refractivity contribution in [3.8, 4) is 0 Å². The summed E-state index contributed by atoms with van der Waals surface area (Å²) in [5, 5.41) is 3.28. The highest BCUT2D eigenvalue weighted by Crippen LogP contribution is 2.36. The van der Waals surface area contributed by atoms with Crippen molar-refractivity contribution in [1.29, 1.82) is 0 Å². The summed E-state index contributed by atoms with van der Waals surface area (Å²) in [5.74, 6) is 0. The SMILES string of the molecule is Cc1nc(C2C(N)CCN2C(C)(C)C)cs1. The molecule has 2 unspecified atom stereocenters. The van der Waals surface area contributed by atoms with Crippen LogP contribution in [0.25, 0.3) is 0 Å². The largest absolute Gasteiger partial charge is 0.326 e. The summed E-state index contributed by atoms with van der Waals surface area (Å²) < 4.78 is 0. The highest BCUT2D eigenvalue weighted by molar-refractivity contribution is 7.09. The lowest BCUT2D eigenvalue weighted by Gasteiger charge is -2.37. The van der Waals surface area contributed by atoms with Crippen LogP contribution in [0.2, 0.25) is 0 Å². The van der Waals surface area contributed by atoms with Gasteiger partial charge in [-0.2, -0.15) is 0 Å². The zero-order valence-corrected chi connectivity index (χ0v) is 11.3. The van der Waals surface area contributed by atoms with E-state index < -0.39 is 0 Å². The van der Waals surface area contributed by atoms with Gasteiger partial charge in [-0.1, -0.05) is 0 Å². The first-order valence-corrected chi connectivity index (χ1v) is 6.72. The van der Waals surface area contributed by atoms with Crippen LogP contribution >= 0.6 is 11.3 Å². The van der Waals surface area contributed by atoms with Crippen LogP contribution in [0.15, 0.2) is 5.38 Å². The van der Waals surface area contributed by atoms with Gasteiger partial charge >= 0.3 is 0 Å². The van der Waals surface area contributed by atoms with E-state index in [-0.39, 0.29) is 11.6 Å². The second-order valence-electron chi connectivity index (χ2n) is 5.55. The van der Waals surface area contributed by atoms with E-state index in [4.69, 9.17) is 5.73 Å². The Labute approximate surface area is 102 Å². The molecule has 1 fully saturated rings. The van der Waals surface area contributed by atoms with Crippen LogP contribution in [0.4, 0.5) is 0 Å². The summed E-state index contributed by atoms with van der Waals surface area (Å²) in [6.45, 7) is 9.87. The van der Waals surface area contributed by atoms with Crippen molar-refractivity contribution in [3.05, 3.63) is 16.1 Å². The highest BCUT2D eigenvalue weighted by atomic mass is 32.1. The zero-order valence-electron chi connectivity index (χ0n) is 10.5. The number of likely N-dealkylation sites (tertiary alicyclic amines) is 1. The minimum atomic E-state index is 0.163. The van der Waals surface area contributed by atoms with Crippen molar-refractivity contribution < 1.29 is 0 Å². The van der Waals surface area contributed by atoms with Crippen LogP contribution in [0.5, 0.6) is 0 Å². The molecule has 1 aromatic heterocycles. The Morgan fingerprint density at radius 3 is 2.69 bits per heavy atom. The maximum atomic E-state index is 6.23. The van der Waals surface area contributed by atoms with Gasteiger partial charge in [-0.25, -0.2) is 4.98 Å². The lowest BCUT2D eigenvalue weighted by atomic mass is 10.0. The molecule has 0 spiro atoms. The molecule has 1 aliphatic rings. The molecule has 0 bridgehead atoms. The van der Waals surface area contributed by atoms with Crippen molar-refractivity contribution in [3.63, 3.8) is 0 Å². The smallest absolute Gasteiger partial charge is 0.0898 e. The molecular formula is C12H21N3S. The summed E-state index contributed by atoms with van der Waals surface area (Å²) in [7, 11) is 0. The monoisotopic (exact) mass is 239 g/mol. The standard InChI is InChI=1S/C12H21N3S/c1-8-14-10(7-16-8)11-9(13)5-6-15(11)12(2,3)4/h7,9,11H,5-6,13H2,1-4H3. The molecule has 2 atom stereocenters. The number of nitrogens with two attached hydrogens (primary N) is 1. The lowest BCUT2D eigenvalue weighted by molar-refractivity contribution is 0.115. The maximum Gasteiger partial charge on any atom is 0.0898 e. The second-order valence-corrected chi connectivity index (χ2v) is 6.62. The van der Waals surface area contributed by atoms with Crippen molar-refractivity contribution in [1.82, 2.24) is 9.88 Å². The topological polar surface area (TPSA) is 42.1 Å². The Bertz CT molecular complexity index is 367. The third kappa shape index (κ3) is 2.14. The molecule has 1 aromatic rings. The highest BCUT2D eigenvalue weighted by Gasteiger charge is 2.39. The molecule has 0 aromatic carbocycles. The summed E-state index contributed by atoms with van der Waals surface area (Å²) in [4.78, 5) is 7.08. The van der Waals surface area contributed by atoms with Gasteiger partial charge in [0.2, 0.25) is 0 Å². The molecule has 1 aliphatic heterocycles. The fourth-order valence-corrected chi connectivity index (χ4v) is 3.11. The summed E-state index contributed by atoms with van der Waals surface area (Å²) in [5.41, 5.74) is 7.55. The van der Waals surface area contributed by atoms with Gasteiger partial charge in [0.25, 0.3) is 0 Å². The average Bonchev–Trinajstić information content (AvgIpc) is 2.70. The normalized spacial score (nSPS) is 27.6. The fourth-order valence-electron chi connectivity index (χ4n) is 2.46. The van der Waals surface area contributed by atoms with Crippen LogP contribution in [-0.2, 0) is 0 Å². The Balaban J connectivity index is 2.29. The van der Waals surface area contributed by atoms with Crippen LogP contribution in [0.3, 0.4) is 0 Å². The van der Waals surface area contributed by atoms with Gasteiger partial charge in [-0.05, 0) is 34.1 Å². The van der Waals surface area contributed by atoms with E-state index in [2.05, 4.69) is 43.0 Å². The third-order valence-electron chi connectivity index (χ3n) is 3.25. The van der Waals surface area contributed by atoms with Crippen molar-refractivity contribution >= 4 is 11.3 Å². The van der Waals surface area contributed by atoms with Gasteiger partial charge in [0.1, 0.15) is 0 Å². The van der Waals surface area contributed by atoms with E-state index in [0.29, 0.717) is 6.04 Å². The zero-order chi connectivity index (χ0) is 11.9. The quantitative estimate of drug-likeness (QED) is 0.818. The number of hydrogen-bond acceptors (Lipinski definition) is 4. The Morgan fingerprint density at radius 1 is 1.50 bits per heavy atom. The van der Waals surface area contributed by atoms with E-state index >= 15 is 0 Å². The van der Waals surface area contributed by atoms with Gasteiger partial charge in [0, 0.05) is 23.5 Å². The molecular weight excluding hydrogens is 218 g/mol. The molecule has 4 heteroatoms. The number of aryl methyl sites for hydroxylation is 1. The van der Waals surface area contributed by atoms with Gasteiger partial charge in [0.15, 0.2) is 0 Å². The molecule has 2 heterocycles. The van der Waals surface area contributed by atoms with E-state index in [0.717, 1.165) is 23.7 Å². The van der Waals surface area contributed by atoms with Crippen LogP contribution in [0.1, 0.15) is 43.9 Å². The molecule has 2 N–H and O–H groups in total. The van der Waals surface area contributed by atoms with Crippen molar-refractivity contribution in [2.24, 2.45) is 5.73 Å². The Morgan fingerprint density at radius 2 is 2.19 bits per heavy atom. The van der Waals surface area contributed by atoms with Crippen LogP contribution < -0.4 is 5.73 Å². The molecule has 0 saturated carbocycles. The van der Waals surface area contributed by atoms with E-state index in [1.165, 1.54) is 0 Å². The molecule has 3 nitrogen and oxygen atoms in total. The van der Waals surface area contributed by atoms with Gasteiger partial charge < -0.3 is 5.73 Å². The fraction of sp³-hybridized carbons (Fsp3) is 0.750. The van der Waals surface area contributed by atoms with Gasteiger partial charge in [-0.3, -0.25) is 4.90 Å². The molecule has 1 saturated heterocycles. The number of hydrogen-bond donors (Lipinski definition) is 1. The predicted octanol–water partition coefficient (Wildman–Crippen LogP) is 2.32. The Hall–Kier alpha value is -0.450. The van der Waals surface area contributed by atoms with Crippen LogP contribution in [0, 0.1) is 6.92 Å². The van der Waals surface area contributed by atoms with Crippen molar-refractivity contribution in [2.75, 3.05) is 6.54 Å².